The zero-order valence-electron chi connectivity index (χ0n) is 12.7. The number of fused-ring (bicyclic) bond motifs is 3. The van der Waals surface area contributed by atoms with Crippen LogP contribution in [-0.4, -0.2) is 19.5 Å². The van der Waals surface area contributed by atoms with E-state index in [0.29, 0.717) is 18.3 Å². The molecular formula is C18H22O3. The molecule has 3 nitrogen and oxygen atoms in total. The number of rotatable bonds is 4. The molecule has 1 aromatic carbocycles. The predicted molar refractivity (Wildman–Crippen MR) is 82.3 cm³/mol. The molecule has 21 heavy (non-hydrogen) atoms. The number of allylic oxidation sites excluding steroid dienone is 1. The van der Waals surface area contributed by atoms with Gasteiger partial charge in [0.15, 0.2) is 5.78 Å². The molecule has 0 radical (unpaired) electrons. The van der Waals surface area contributed by atoms with Crippen LogP contribution in [0, 0.1) is 5.92 Å². The number of ether oxygens (including phenoxy) is 2. The molecule has 2 aliphatic carbocycles. The normalized spacial score (nSPS) is 24.0. The van der Waals surface area contributed by atoms with E-state index in [4.69, 9.17) is 9.47 Å². The van der Waals surface area contributed by atoms with Crippen molar-refractivity contribution >= 4 is 5.78 Å². The minimum Gasteiger partial charge on any atom is -0.496 e. The van der Waals surface area contributed by atoms with Crippen LogP contribution in [0.1, 0.15) is 54.4 Å². The van der Waals surface area contributed by atoms with Crippen molar-refractivity contribution in [2.24, 2.45) is 5.92 Å². The van der Waals surface area contributed by atoms with Gasteiger partial charge in [0.1, 0.15) is 18.1 Å². The number of hydrogen-bond acceptors (Lipinski definition) is 3. The lowest BCUT2D eigenvalue weighted by Gasteiger charge is -2.25. The van der Waals surface area contributed by atoms with Crippen LogP contribution >= 0.6 is 0 Å². The second-order valence-corrected chi connectivity index (χ2v) is 5.80. The van der Waals surface area contributed by atoms with Crippen molar-refractivity contribution in [3.8, 4) is 11.5 Å². The molecule has 3 rings (SSSR count). The molecule has 0 amide bonds. The Morgan fingerprint density at radius 1 is 1.19 bits per heavy atom. The Balaban J connectivity index is 2.04. The van der Waals surface area contributed by atoms with E-state index in [1.807, 2.05) is 31.2 Å². The van der Waals surface area contributed by atoms with Crippen LogP contribution in [0.2, 0.25) is 0 Å². The zero-order valence-corrected chi connectivity index (χ0v) is 12.7. The van der Waals surface area contributed by atoms with Gasteiger partial charge in [-0.3, -0.25) is 4.79 Å². The molecule has 0 unspecified atom stereocenters. The maximum atomic E-state index is 12.8. The number of benzene rings is 1. The molecule has 2 atom stereocenters. The summed E-state index contributed by atoms with van der Waals surface area (Å²) in [6.07, 6.45) is 8.32. The maximum absolute atomic E-state index is 12.8. The minimum atomic E-state index is 0.133. The highest BCUT2D eigenvalue weighted by Crippen LogP contribution is 2.52. The molecule has 1 fully saturated rings. The van der Waals surface area contributed by atoms with Gasteiger partial charge in [0.05, 0.1) is 12.7 Å². The minimum absolute atomic E-state index is 0.133. The summed E-state index contributed by atoms with van der Waals surface area (Å²) in [6, 6.07) is 3.81. The van der Waals surface area contributed by atoms with Crippen molar-refractivity contribution in [3.63, 3.8) is 0 Å². The molecule has 0 bridgehead atoms. The van der Waals surface area contributed by atoms with Crippen LogP contribution in [0.4, 0.5) is 0 Å². The smallest absolute Gasteiger partial charge is 0.170 e. The highest BCUT2D eigenvalue weighted by atomic mass is 16.5. The third kappa shape index (κ3) is 2.35. The van der Waals surface area contributed by atoms with Crippen LogP contribution in [0.25, 0.3) is 0 Å². The molecule has 0 N–H and O–H groups in total. The van der Waals surface area contributed by atoms with Crippen molar-refractivity contribution in [2.45, 2.75) is 38.5 Å². The van der Waals surface area contributed by atoms with E-state index in [9.17, 15) is 4.79 Å². The van der Waals surface area contributed by atoms with E-state index < -0.39 is 0 Å². The van der Waals surface area contributed by atoms with Gasteiger partial charge in [0, 0.05) is 11.5 Å². The fourth-order valence-electron chi connectivity index (χ4n) is 3.71. The Labute approximate surface area is 125 Å². The summed E-state index contributed by atoms with van der Waals surface area (Å²) in [5.41, 5.74) is 1.86. The number of Topliss-reactive ketones (excluding diaryl/α,β-unsaturated/α-hetero) is 1. The number of carbonyl (C=O) groups is 1. The number of methoxy groups -OCH3 is 1. The third-order valence-electron chi connectivity index (χ3n) is 4.68. The first-order valence-electron chi connectivity index (χ1n) is 7.77. The Morgan fingerprint density at radius 3 is 2.62 bits per heavy atom. The Hall–Kier alpha value is -1.77. The first kappa shape index (κ1) is 14.2. The Bertz CT molecular complexity index is 574. The lowest BCUT2D eigenvalue weighted by atomic mass is 9.79. The Kier molecular flexibility index (Phi) is 4.00. The highest BCUT2D eigenvalue weighted by molar-refractivity contribution is 6.06. The SMILES string of the molecule is C/C=C/COc1ccc(OC)c2c1C(=O)[C@H]1CCCC[C@H]21. The van der Waals surface area contributed by atoms with Gasteiger partial charge in [-0.05, 0) is 37.8 Å². The van der Waals surface area contributed by atoms with Crippen molar-refractivity contribution < 1.29 is 14.3 Å². The average molecular weight is 286 g/mol. The van der Waals surface area contributed by atoms with E-state index in [1.165, 1.54) is 6.42 Å². The van der Waals surface area contributed by atoms with E-state index in [1.54, 1.807) is 7.11 Å². The molecule has 1 aromatic rings. The highest BCUT2D eigenvalue weighted by Gasteiger charge is 2.44. The topological polar surface area (TPSA) is 35.5 Å². The number of hydrogen-bond donors (Lipinski definition) is 0. The molecule has 0 aliphatic heterocycles. The van der Waals surface area contributed by atoms with Gasteiger partial charge in [-0.25, -0.2) is 0 Å². The van der Waals surface area contributed by atoms with Gasteiger partial charge >= 0.3 is 0 Å². The maximum Gasteiger partial charge on any atom is 0.170 e. The van der Waals surface area contributed by atoms with Gasteiger partial charge in [-0.1, -0.05) is 25.0 Å². The van der Waals surface area contributed by atoms with Crippen molar-refractivity contribution in [1.29, 1.82) is 0 Å². The van der Waals surface area contributed by atoms with Gasteiger partial charge in [0.2, 0.25) is 0 Å². The van der Waals surface area contributed by atoms with Crippen molar-refractivity contribution in [2.75, 3.05) is 13.7 Å². The first-order chi connectivity index (χ1) is 10.3. The second kappa shape index (κ2) is 5.92. The zero-order chi connectivity index (χ0) is 14.8. The summed E-state index contributed by atoms with van der Waals surface area (Å²) < 4.78 is 11.3. The van der Waals surface area contributed by atoms with Gasteiger partial charge in [0.25, 0.3) is 0 Å². The summed E-state index contributed by atoms with van der Waals surface area (Å²) in [5, 5.41) is 0. The first-order valence-corrected chi connectivity index (χ1v) is 7.77. The van der Waals surface area contributed by atoms with Gasteiger partial charge in [-0.2, -0.15) is 0 Å². The van der Waals surface area contributed by atoms with Crippen LogP contribution < -0.4 is 9.47 Å². The third-order valence-corrected chi connectivity index (χ3v) is 4.68. The summed E-state index contributed by atoms with van der Waals surface area (Å²) in [5.74, 6) is 2.26. The van der Waals surface area contributed by atoms with Gasteiger partial charge in [-0.15, -0.1) is 0 Å². The Morgan fingerprint density at radius 2 is 1.90 bits per heavy atom. The number of ketones is 1. The predicted octanol–water partition coefficient (Wildman–Crippen LogP) is 4.12. The molecule has 112 valence electrons. The molecule has 1 saturated carbocycles. The average Bonchev–Trinajstić information content (AvgIpc) is 2.82. The summed E-state index contributed by atoms with van der Waals surface area (Å²) in [6.45, 7) is 2.46. The van der Waals surface area contributed by atoms with Crippen molar-refractivity contribution in [3.05, 3.63) is 35.4 Å². The van der Waals surface area contributed by atoms with Crippen molar-refractivity contribution in [1.82, 2.24) is 0 Å². The number of carbonyl (C=O) groups excluding carboxylic acids is 1. The molecule has 0 spiro atoms. The lowest BCUT2D eigenvalue weighted by Crippen LogP contribution is -2.17. The molecule has 0 saturated heterocycles. The largest absolute Gasteiger partial charge is 0.496 e. The fraction of sp³-hybridized carbons (Fsp3) is 0.500. The van der Waals surface area contributed by atoms with Crippen LogP contribution in [-0.2, 0) is 0 Å². The molecule has 0 aromatic heterocycles. The van der Waals surface area contributed by atoms with Crippen LogP contribution in [0.3, 0.4) is 0 Å². The van der Waals surface area contributed by atoms with Gasteiger partial charge < -0.3 is 9.47 Å². The second-order valence-electron chi connectivity index (χ2n) is 5.80. The summed E-state index contributed by atoms with van der Waals surface area (Å²) in [7, 11) is 1.68. The van der Waals surface area contributed by atoms with E-state index in [0.717, 1.165) is 36.1 Å². The fourth-order valence-corrected chi connectivity index (χ4v) is 3.71. The molecule has 3 heteroatoms. The lowest BCUT2D eigenvalue weighted by molar-refractivity contribution is 0.0895. The quantitative estimate of drug-likeness (QED) is 0.781. The van der Waals surface area contributed by atoms with Crippen LogP contribution in [0.5, 0.6) is 11.5 Å². The van der Waals surface area contributed by atoms with Crippen LogP contribution in [0.15, 0.2) is 24.3 Å². The van der Waals surface area contributed by atoms with E-state index in [2.05, 4.69) is 0 Å². The monoisotopic (exact) mass is 286 g/mol. The summed E-state index contributed by atoms with van der Waals surface area (Å²) in [4.78, 5) is 12.8. The molecule has 2 aliphatic rings. The summed E-state index contributed by atoms with van der Waals surface area (Å²) >= 11 is 0. The van der Waals surface area contributed by atoms with E-state index >= 15 is 0 Å². The van der Waals surface area contributed by atoms with E-state index in [-0.39, 0.29) is 11.7 Å². The standard InChI is InChI=1S/C18H22O3/c1-3-4-11-21-15-10-9-14(20-2)16-12-7-5-6-8-13(12)18(19)17(15)16/h3-4,9-10,12-13H,5-8,11H2,1-2H3/b4-3+/t12-,13-/m0/s1. The molecule has 0 heterocycles. The molecular weight excluding hydrogens is 264 g/mol.